The van der Waals surface area contributed by atoms with Crippen molar-refractivity contribution in [2.45, 2.75) is 45.7 Å². The molecule has 2 rings (SSSR count). The highest BCUT2D eigenvalue weighted by Crippen LogP contribution is 2.27. The highest BCUT2D eigenvalue weighted by atomic mass is 19.1. The molecule has 2 nitrogen and oxygen atoms in total. The van der Waals surface area contributed by atoms with Crippen molar-refractivity contribution in [3.05, 3.63) is 59.3 Å². The van der Waals surface area contributed by atoms with E-state index >= 15 is 0 Å². The molecule has 2 aliphatic carbocycles. The normalized spacial score (nSPS) is 32.8. The van der Waals surface area contributed by atoms with E-state index in [1.807, 2.05) is 44.2 Å². The van der Waals surface area contributed by atoms with Crippen molar-refractivity contribution in [3.63, 3.8) is 0 Å². The van der Waals surface area contributed by atoms with Crippen LogP contribution in [0.4, 0.5) is 4.39 Å². The van der Waals surface area contributed by atoms with Gasteiger partial charge in [-0.05, 0) is 36.7 Å². The van der Waals surface area contributed by atoms with E-state index < -0.39 is 12.1 Å². The molecule has 23 heavy (non-hydrogen) atoms. The molecule has 3 atom stereocenters. The summed E-state index contributed by atoms with van der Waals surface area (Å²) in [5.41, 5.74) is 2.57. The van der Waals surface area contributed by atoms with E-state index in [-0.39, 0.29) is 11.8 Å². The number of allylic oxidation sites excluding steroid dienone is 9. The number of carbonyl (C=O) groups is 1. The van der Waals surface area contributed by atoms with E-state index in [9.17, 15) is 14.3 Å². The number of aliphatic carboxylic acids is 1. The predicted molar refractivity (Wildman–Crippen MR) is 91.9 cm³/mol. The third-order valence-corrected chi connectivity index (χ3v) is 4.55. The highest BCUT2D eigenvalue weighted by molar-refractivity contribution is 5.87. The fraction of sp³-hybridized carbons (Fsp3) is 0.450. The van der Waals surface area contributed by atoms with Gasteiger partial charge in [0.15, 0.2) is 0 Å². The Morgan fingerprint density at radius 3 is 2.70 bits per heavy atom. The van der Waals surface area contributed by atoms with Gasteiger partial charge in [-0.15, -0.1) is 0 Å². The minimum atomic E-state index is -0.835. The van der Waals surface area contributed by atoms with Crippen LogP contribution >= 0.6 is 0 Å². The van der Waals surface area contributed by atoms with Crippen molar-refractivity contribution in [2.24, 2.45) is 11.8 Å². The molecule has 0 saturated heterocycles. The zero-order valence-electron chi connectivity index (χ0n) is 13.8. The van der Waals surface area contributed by atoms with E-state index in [0.29, 0.717) is 24.8 Å². The molecule has 0 aliphatic heterocycles. The van der Waals surface area contributed by atoms with Crippen LogP contribution in [0.1, 0.15) is 39.5 Å². The monoisotopic (exact) mass is 316 g/mol. The first-order valence-corrected chi connectivity index (χ1v) is 8.27. The van der Waals surface area contributed by atoms with Crippen LogP contribution < -0.4 is 0 Å². The summed E-state index contributed by atoms with van der Waals surface area (Å²) in [6.45, 7) is 3.88. The van der Waals surface area contributed by atoms with Gasteiger partial charge in [0.2, 0.25) is 0 Å². The summed E-state index contributed by atoms with van der Waals surface area (Å²) in [6, 6.07) is 0. The lowest BCUT2D eigenvalue weighted by Crippen LogP contribution is -2.13. The van der Waals surface area contributed by atoms with E-state index in [1.165, 1.54) is 0 Å². The van der Waals surface area contributed by atoms with Crippen LogP contribution in [0.2, 0.25) is 0 Å². The predicted octanol–water partition coefficient (Wildman–Crippen LogP) is 5.16. The third-order valence-electron chi connectivity index (χ3n) is 4.55. The lowest BCUT2D eigenvalue weighted by molar-refractivity contribution is -0.133. The maximum Gasteiger partial charge on any atom is 0.331 e. The van der Waals surface area contributed by atoms with Crippen LogP contribution in [0, 0.1) is 11.8 Å². The molecule has 0 aromatic carbocycles. The maximum atomic E-state index is 14.1. The first-order chi connectivity index (χ1) is 11.0. The molecule has 0 bridgehead atoms. The first kappa shape index (κ1) is 17.5. The second-order valence-electron chi connectivity index (χ2n) is 6.52. The molecular weight excluding hydrogens is 291 g/mol. The average molecular weight is 316 g/mol. The highest BCUT2D eigenvalue weighted by Gasteiger charge is 2.19. The number of halogens is 1. The molecule has 0 radical (unpaired) electrons. The Balaban J connectivity index is 2.05. The molecule has 0 amide bonds. The molecule has 0 spiro atoms. The van der Waals surface area contributed by atoms with Crippen molar-refractivity contribution in [3.8, 4) is 0 Å². The number of carboxylic acid groups (broad SMARTS) is 1. The summed E-state index contributed by atoms with van der Waals surface area (Å²) >= 11 is 0. The Labute approximate surface area is 137 Å². The van der Waals surface area contributed by atoms with E-state index in [2.05, 4.69) is 6.08 Å². The van der Waals surface area contributed by atoms with E-state index in [1.54, 1.807) is 6.08 Å². The molecular formula is C20H25FO2. The van der Waals surface area contributed by atoms with Gasteiger partial charge in [0.25, 0.3) is 0 Å². The smallest absolute Gasteiger partial charge is 0.331 e. The summed E-state index contributed by atoms with van der Waals surface area (Å²) in [7, 11) is 0. The van der Waals surface area contributed by atoms with Crippen molar-refractivity contribution < 1.29 is 14.3 Å². The second-order valence-corrected chi connectivity index (χ2v) is 6.52. The zero-order valence-corrected chi connectivity index (χ0v) is 13.8. The maximum absolute atomic E-state index is 14.1. The van der Waals surface area contributed by atoms with Gasteiger partial charge in [-0.3, -0.25) is 0 Å². The summed E-state index contributed by atoms with van der Waals surface area (Å²) < 4.78 is 14.1. The molecule has 3 heteroatoms. The number of carboxylic acids is 1. The summed E-state index contributed by atoms with van der Waals surface area (Å²) in [6.07, 6.45) is 15.5. The van der Waals surface area contributed by atoms with Crippen LogP contribution in [0.25, 0.3) is 0 Å². The molecule has 3 unspecified atom stereocenters. The van der Waals surface area contributed by atoms with Crippen LogP contribution in [0.3, 0.4) is 0 Å². The Kier molecular flexibility index (Phi) is 6.14. The van der Waals surface area contributed by atoms with Gasteiger partial charge in [-0.1, -0.05) is 62.0 Å². The molecule has 0 saturated carbocycles. The van der Waals surface area contributed by atoms with Crippen LogP contribution in [-0.2, 0) is 4.79 Å². The molecule has 0 fully saturated rings. The summed E-state index contributed by atoms with van der Waals surface area (Å²) in [4.78, 5) is 11.2. The van der Waals surface area contributed by atoms with Crippen molar-refractivity contribution in [2.75, 3.05) is 0 Å². The molecule has 2 aliphatic rings. The zero-order chi connectivity index (χ0) is 16.8. The van der Waals surface area contributed by atoms with Gasteiger partial charge in [-0.2, -0.15) is 0 Å². The molecule has 0 aromatic heterocycles. The lowest BCUT2D eigenvalue weighted by atomic mass is 9.92. The summed E-state index contributed by atoms with van der Waals surface area (Å²) in [5.74, 6) is -0.799. The van der Waals surface area contributed by atoms with Gasteiger partial charge in [0, 0.05) is 12.0 Å². The SMILES string of the molecule is CC1CC(C=C/C2=C/C=C\CC(C)C(F)C2)=CCC=C1C(=O)O. The van der Waals surface area contributed by atoms with Gasteiger partial charge in [0.05, 0.1) is 0 Å². The standard InChI is InChI=1S/C20H25FO2/c1-14-6-3-4-7-17(13-19(14)21)11-10-16-8-5-9-18(20(22)23)15(2)12-16/h3-4,7-11,14-15,19H,5-6,12-13H2,1-2H3,(H,22,23)/b4-3-,11-10?,17-7-. The van der Waals surface area contributed by atoms with E-state index in [4.69, 9.17) is 0 Å². The Morgan fingerprint density at radius 2 is 1.96 bits per heavy atom. The Bertz CT molecular complexity index is 593. The topological polar surface area (TPSA) is 37.3 Å². The molecule has 0 aromatic rings. The van der Waals surface area contributed by atoms with Gasteiger partial charge < -0.3 is 5.11 Å². The quantitative estimate of drug-likeness (QED) is 0.781. The Morgan fingerprint density at radius 1 is 1.22 bits per heavy atom. The minimum Gasteiger partial charge on any atom is -0.478 e. The van der Waals surface area contributed by atoms with Crippen LogP contribution in [0.5, 0.6) is 0 Å². The minimum absolute atomic E-state index is 0.00828. The van der Waals surface area contributed by atoms with E-state index in [0.717, 1.165) is 17.6 Å². The summed E-state index contributed by atoms with van der Waals surface area (Å²) in [5, 5.41) is 9.20. The molecule has 124 valence electrons. The van der Waals surface area contributed by atoms with Gasteiger partial charge in [0.1, 0.15) is 6.17 Å². The van der Waals surface area contributed by atoms with Crippen LogP contribution in [-0.4, -0.2) is 17.2 Å². The van der Waals surface area contributed by atoms with Crippen molar-refractivity contribution in [1.29, 1.82) is 0 Å². The second kappa shape index (κ2) is 8.09. The largest absolute Gasteiger partial charge is 0.478 e. The van der Waals surface area contributed by atoms with Crippen LogP contribution in [0.15, 0.2) is 59.3 Å². The number of rotatable bonds is 3. The fourth-order valence-electron chi connectivity index (χ4n) is 2.98. The van der Waals surface area contributed by atoms with Gasteiger partial charge in [-0.25, -0.2) is 9.18 Å². The number of hydrogen-bond acceptors (Lipinski definition) is 1. The fourth-order valence-corrected chi connectivity index (χ4v) is 2.98. The van der Waals surface area contributed by atoms with Gasteiger partial charge >= 0.3 is 5.97 Å². The van der Waals surface area contributed by atoms with Crippen molar-refractivity contribution in [1.82, 2.24) is 0 Å². The lowest BCUT2D eigenvalue weighted by Gasteiger charge is -2.17. The molecule has 0 heterocycles. The first-order valence-electron chi connectivity index (χ1n) is 8.27. The third kappa shape index (κ3) is 5.05. The Hall–Kier alpha value is -1.90. The molecule has 1 N–H and O–H groups in total. The number of alkyl halides is 1. The number of hydrogen-bond donors (Lipinski definition) is 1. The average Bonchev–Trinajstić information content (AvgIpc) is 2.68. The van der Waals surface area contributed by atoms with Crippen molar-refractivity contribution >= 4 is 5.97 Å².